The summed E-state index contributed by atoms with van der Waals surface area (Å²) in [5, 5.41) is 12.3. The molecular weight excluding hydrogens is 210 g/mol. The summed E-state index contributed by atoms with van der Waals surface area (Å²) in [6, 6.07) is 8.80. The lowest BCUT2D eigenvalue weighted by molar-refractivity contribution is 0.702. The van der Waals surface area contributed by atoms with Gasteiger partial charge in [-0.3, -0.25) is 0 Å². The van der Waals surface area contributed by atoms with E-state index in [1.807, 2.05) is 13.1 Å². The third-order valence-corrected chi connectivity index (χ3v) is 2.84. The van der Waals surface area contributed by atoms with Gasteiger partial charge in [0.1, 0.15) is 6.07 Å². The Kier molecular flexibility index (Phi) is 4.99. The molecule has 3 heteroatoms. The van der Waals surface area contributed by atoms with Crippen LogP contribution in [0.4, 0.5) is 5.69 Å². The van der Waals surface area contributed by atoms with Crippen molar-refractivity contribution < 1.29 is 0 Å². The lowest BCUT2D eigenvalue weighted by Gasteiger charge is -2.28. The highest BCUT2D eigenvalue weighted by Crippen LogP contribution is 2.23. The number of anilines is 1. The number of rotatable bonds is 5. The number of hydrogen-bond donors (Lipinski definition) is 1. The van der Waals surface area contributed by atoms with E-state index in [0.29, 0.717) is 6.04 Å². The van der Waals surface area contributed by atoms with Crippen molar-refractivity contribution in [3.8, 4) is 6.07 Å². The molecule has 0 heterocycles. The van der Waals surface area contributed by atoms with Gasteiger partial charge in [0.25, 0.3) is 0 Å². The average Bonchev–Trinajstić information content (AvgIpc) is 2.31. The van der Waals surface area contributed by atoms with E-state index < -0.39 is 0 Å². The summed E-state index contributed by atoms with van der Waals surface area (Å²) in [5.74, 6) is 0. The first kappa shape index (κ1) is 13.5. The molecule has 1 N–H and O–H groups in total. The molecule has 0 aliphatic carbocycles. The van der Waals surface area contributed by atoms with E-state index >= 15 is 0 Å². The molecule has 1 aromatic carbocycles. The Balaban J connectivity index is 3.12. The topological polar surface area (TPSA) is 39.1 Å². The number of nitrogens with zero attached hydrogens (tertiary/aromatic N) is 2. The zero-order valence-electron chi connectivity index (χ0n) is 11.1. The maximum absolute atomic E-state index is 9.24. The minimum absolute atomic E-state index is 0.405. The molecule has 0 unspecified atom stereocenters. The molecule has 0 fully saturated rings. The fourth-order valence-corrected chi connectivity index (χ4v) is 2.05. The van der Waals surface area contributed by atoms with Crippen LogP contribution >= 0.6 is 0 Å². The van der Waals surface area contributed by atoms with Gasteiger partial charge < -0.3 is 10.2 Å². The fourth-order valence-electron chi connectivity index (χ4n) is 2.05. The van der Waals surface area contributed by atoms with Gasteiger partial charge >= 0.3 is 0 Å². The molecule has 0 aliphatic heterocycles. The van der Waals surface area contributed by atoms with Crippen LogP contribution in [0.2, 0.25) is 0 Å². The Morgan fingerprint density at radius 1 is 1.41 bits per heavy atom. The molecule has 3 nitrogen and oxygen atoms in total. The largest absolute Gasteiger partial charge is 0.368 e. The second-order valence-electron chi connectivity index (χ2n) is 4.37. The Bertz CT molecular complexity index is 404. The maximum atomic E-state index is 9.24. The summed E-state index contributed by atoms with van der Waals surface area (Å²) in [7, 11) is 1.91. The third kappa shape index (κ3) is 3.21. The summed E-state index contributed by atoms with van der Waals surface area (Å²) in [6.45, 7) is 8.11. The summed E-state index contributed by atoms with van der Waals surface area (Å²) >= 11 is 0. The predicted octanol–water partition coefficient (Wildman–Crippen LogP) is 2.51. The van der Waals surface area contributed by atoms with Gasteiger partial charge in [-0.1, -0.05) is 6.07 Å². The highest BCUT2D eigenvalue weighted by Gasteiger charge is 2.12. The first-order valence-electron chi connectivity index (χ1n) is 6.08. The summed E-state index contributed by atoms with van der Waals surface area (Å²) in [4.78, 5) is 2.24. The van der Waals surface area contributed by atoms with Crippen molar-refractivity contribution in [2.75, 3.05) is 18.5 Å². The van der Waals surface area contributed by atoms with E-state index in [1.54, 1.807) is 0 Å². The molecule has 0 saturated heterocycles. The van der Waals surface area contributed by atoms with Gasteiger partial charge in [-0.2, -0.15) is 5.26 Å². The zero-order chi connectivity index (χ0) is 12.8. The van der Waals surface area contributed by atoms with Crippen LogP contribution in [0.15, 0.2) is 18.2 Å². The monoisotopic (exact) mass is 231 g/mol. The van der Waals surface area contributed by atoms with Crippen LogP contribution in [0, 0.1) is 11.3 Å². The summed E-state index contributed by atoms with van der Waals surface area (Å²) in [6.07, 6.45) is 0. The fraction of sp³-hybridized carbons (Fsp3) is 0.500. The standard InChI is InChI=1S/C14H21N3/c1-5-17(11(2)3)14-7-6-12(10-16-4)8-13(14)9-15/h6-8,11,16H,5,10H2,1-4H3. The lowest BCUT2D eigenvalue weighted by Crippen LogP contribution is -2.31. The zero-order valence-corrected chi connectivity index (χ0v) is 11.1. The normalized spacial score (nSPS) is 10.4. The van der Waals surface area contributed by atoms with E-state index in [9.17, 15) is 5.26 Å². The smallest absolute Gasteiger partial charge is 0.101 e. The van der Waals surface area contributed by atoms with Crippen molar-refractivity contribution in [3.63, 3.8) is 0 Å². The van der Waals surface area contributed by atoms with Crippen LogP contribution in [0.5, 0.6) is 0 Å². The number of nitriles is 1. The van der Waals surface area contributed by atoms with Gasteiger partial charge in [-0.05, 0) is 45.5 Å². The minimum atomic E-state index is 0.405. The summed E-state index contributed by atoms with van der Waals surface area (Å²) in [5.41, 5.74) is 2.94. The van der Waals surface area contributed by atoms with Gasteiger partial charge in [-0.15, -0.1) is 0 Å². The molecule has 0 atom stereocenters. The lowest BCUT2D eigenvalue weighted by atomic mass is 10.1. The number of nitrogens with one attached hydrogen (secondary N) is 1. The van der Waals surface area contributed by atoms with Crippen molar-refractivity contribution in [2.45, 2.75) is 33.4 Å². The minimum Gasteiger partial charge on any atom is -0.368 e. The van der Waals surface area contributed by atoms with Crippen molar-refractivity contribution in [2.24, 2.45) is 0 Å². The molecule has 0 aliphatic rings. The predicted molar refractivity (Wildman–Crippen MR) is 72.1 cm³/mol. The van der Waals surface area contributed by atoms with Crippen molar-refractivity contribution in [1.82, 2.24) is 5.32 Å². The first-order chi connectivity index (χ1) is 8.13. The van der Waals surface area contributed by atoms with E-state index in [1.165, 1.54) is 0 Å². The summed E-state index contributed by atoms with van der Waals surface area (Å²) < 4.78 is 0. The maximum Gasteiger partial charge on any atom is 0.101 e. The molecule has 0 spiro atoms. The van der Waals surface area contributed by atoms with Crippen molar-refractivity contribution in [3.05, 3.63) is 29.3 Å². The molecule has 1 aromatic rings. The second-order valence-corrected chi connectivity index (χ2v) is 4.37. The van der Waals surface area contributed by atoms with Crippen LogP contribution in [0.25, 0.3) is 0 Å². The Morgan fingerprint density at radius 3 is 2.59 bits per heavy atom. The van der Waals surface area contributed by atoms with Crippen LogP contribution in [-0.4, -0.2) is 19.6 Å². The molecule has 0 saturated carbocycles. The highest BCUT2D eigenvalue weighted by atomic mass is 15.1. The Morgan fingerprint density at radius 2 is 2.12 bits per heavy atom. The van der Waals surface area contributed by atoms with Crippen LogP contribution in [-0.2, 0) is 6.54 Å². The van der Waals surface area contributed by atoms with Gasteiger partial charge in [0.05, 0.1) is 11.3 Å². The van der Waals surface area contributed by atoms with E-state index in [0.717, 1.165) is 29.9 Å². The first-order valence-corrected chi connectivity index (χ1v) is 6.08. The molecular formula is C14H21N3. The Labute approximate surface area is 104 Å². The van der Waals surface area contributed by atoms with Gasteiger partial charge in [0.2, 0.25) is 0 Å². The molecule has 0 aromatic heterocycles. The molecule has 0 radical (unpaired) electrons. The van der Waals surface area contributed by atoms with Gasteiger partial charge in [0.15, 0.2) is 0 Å². The third-order valence-electron chi connectivity index (χ3n) is 2.84. The van der Waals surface area contributed by atoms with E-state index in [4.69, 9.17) is 0 Å². The second kappa shape index (κ2) is 6.27. The van der Waals surface area contributed by atoms with Crippen molar-refractivity contribution in [1.29, 1.82) is 5.26 Å². The van der Waals surface area contributed by atoms with Crippen LogP contribution in [0.3, 0.4) is 0 Å². The van der Waals surface area contributed by atoms with Crippen molar-refractivity contribution >= 4 is 5.69 Å². The van der Waals surface area contributed by atoms with Crippen LogP contribution < -0.4 is 10.2 Å². The molecule has 92 valence electrons. The molecule has 0 bridgehead atoms. The van der Waals surface area contributed by atoms with Gasteiger partial charge in [-0.25, -0.2) is 0 Å². The Hall–Kier alpha value is -1.53. The van der Waals surface area contributed by atoms with E-state index in [2.05, 4.69) is 49.2 Å². The SMILES string of the molecule is CCN(c1ccc(CNC)cc1C#N)C(C)C. The molecule has 0 amide bonds. The highest BCUT2D eigenvalue weighted by molar-refractivity contribution is 5.60. The average molecular weight is 231 g/mol. The van der Waals surface area contributed by atoms with Gasteiger partial charge in [0, 0.05) is 19.1 Å². The molecule has 1 rings (SSSR count). The molecule has 17 heavy (non-hydrogen) atoms. The quantitative estimate of drug-likeness (QED) is 0.846. The number of hydrogen-bond acceptors (Lipinski definition) is 3. The number of benzene rings is 1. The van der Waals surface area contributed by atoms with Crippen LogP contribution in [0.1, 0.15) is 31.9 Å². The van der Waals surface area contributed by atoms with E-state index in [-0.39, 0.29) is 0 Å².